The number of esters is 1. The molecule has 1 saturated carbocycles. The normalized spacial score (nSPS) is 16.1. The smallest absolute Gasteiger partial charge is 0.433 e. The van der Waals surface area contributed by atoms with Crippen LogP contribution in [0.5, 0.6) is 11.5 Å². The Bertz CT molecular complexity index is 945. The Morgan fingerprint density at radius 1 is 1.14 bits per heavy atom. The second-order valence-electron chi connectivity index (χ2n) is 6.50. The van der Waals surface area contributed by atoms with E-state index in [1.807, 2.05) is 0 Å². The number of nitrogens with zero attached hydrogens (tertiary/aromatic N) is 1. The zero-order chi connectivity index (χ0) is 19.7. The first-order valence-electron chi connectivity index (χ1n) is 8.67. The van der Waals surface area contributed by atoms with Gasteiger partial charge in [0.05, 0.1) is 6.07 Å². The van der Waals surface area contributed by atoms with E-state index in [4.69, 9.17) is 18.6 Å². The Labute approximate surface area is 158 Å². The molecule has 1 fully saturated rings. The number of ether oxygens (including phenoxy) is 3. The van der Waals surface area contributed by atoms with Gasteiger partial charge in [0, 0.05) is 24.6 Å². The number of benzene rings is 1. The molecule has 2 heterocycles. The Morgan fingerprint density at radius 3 is 2.61 bits per heavy atom. The van der Waals surface area contributed by atoms with E-state index >= 15 is 0 Å². The molecule has 0 bridgehead atoms. The van der Waals surface area contributed by atoms with E-state index in [1.165, 1.54) is 0 Å². The summed E-state index contributed by atoms with van der Waals surface area (Å²) in [6.07, 6.45) is 3.73. The number of carbonyl (C=O) groups excluding carboxylic acids is 2. The molecule has 10 heteroatoms. The van der Waals surface area contributed by atoms with Crippen molar-refractivity contribution in [3.8, 4) is 11.5 Å². The monoisotopic (exact) mass is 388 g/mol. The van der Waals surface area contributed by atoms with Gasteiger partial charge >= 0.3 is 11.9 Å². The van der Waals surface area contributed by atoms with Crippen molar-refractivity contribution < 1.29 is 33.1 Å². The van der Waals surface area contributed by atoms with Crippen molar-refractivity contribution in [1.29, 1.82) is 0 Å². The summed E-state index contributed by atoms with van der Waals surface area (Å²) in [5.41, 5.74) is 0.465. The van der Waals surface area contributed by atoms with Crippen molar-refractivity contribution >= 4 is 23.4 Å². The molecular formula is C18H16N2O8. The highest BCUT2D eigenvalue weighted by Crippen LogP contribution is 2.47. The van der Waals surface area contributed by atoms with E-state index in [9.17, 15) is 19.7 Å². The molecule has 1 aromatic heterocycles. The van der Waals surface area contributed by atoms with E-state index in [-0.39, 0.29) is 5.76 Å². The Hall–Kier alpha value is -3.56. The van der Waals surface area contributed by atoms with Crippen molar-refractivity contribution in [1.82, 2.24) is 0 Å². The van der Waals surface area contributed by atoms with Gasteiger partial charge in [0.15, 0.2) is 18.1 Å². The lowest BCUT2D eigenvalue weighted by molar-refractivity contribution is -0.402. The quantitative estimate of drug-likeness (QED) is 0.470. The third-order valence-corrected chi connectivity index (χ3v) is 4.49. The number of amides is 1. The summed E-state index contributed by atoms with van der Waals surface area (Å²) in [5.74, 6) is -1.90. The first kappa shape index (κ1) is 17.8. The van der Waals surface area contributed by atoms with Crippen LogP contribution < -0.4 is 14.8 Å². The molecule has 2 aliphatic rings. The van der Waals surface area contributed by atoms with Gasteiger partial charge in [-0.2, -0.15) is 0 Å². The molecule has 10 nitrogen and oxygen atoms in total. The van der Waals surface area contributed by atoms with Gasteiger partial charge in [-0.3, -0.25) is 14.9 Å². The molecule has 0 unspecified atom stereocenters. The van der Waals surface area contributed by atoms with E-state index in [0.717, 1.165) is 37.8 Å². The third-order valence-electron chi connectivity index (χ3n) is 4.49. The highest BCUT2D eigenvalue weighted by atomic mass is 16.7. The van der Waals surface area contributed by atoms with Gasteiger partial charge in [-0.15, -0.1) is 0 Å². The average molecular weight is 388 g/mol. The minimum absolute atomic E-state index is 0.357. The minimum atomic E-state index is -0.975. The fourth-order valence-corrected chi connectivity index (χ4v) is 3.22. The number of hydrogen-bond donors (Lipinski definition) is 1. The Kier molecular flexibility index (Phi) is 4.38. The maximum absolute atomic E-state index is 12.0. The van der Waals surface area contributed by atoms with E-state index in [1.54, 1.807) is 18.2 Å². The largest absolute Gasteiger partial charge is 0.450 e. The number of hydrogen-bond acceptors (Lipinski definition) is 8. The summed E-state index contributed by atoms with van der Waals surface area (Å²) in [5, 5.41) is 13.1. The minimum Gasteiger partial charge on any atom is -0.450 e. The molecule has 0 saturated heterocycles. The number of carbonyl (C=O) groups is 2. The van der Waals surface area contributed by atoms with E-state index < -0.39 is 35.1 Å². The highest BCUT2D eigenvalue weighted by molar-refractivity contribution is 5.94. The van der Waals surface area contributed by atoms with Gasteiger partial charge in [0.1, 0.15) is 4.92 Å². The average Bonchev–Trinajstić information content (AvgIpc) is 3.39. The Morgan fingerprint density at radius 2 is 1.89 bits per heavy atom. The van der Waals surface area contributed by atoms with Gasteiger partial charge < -0.3 is 23.9 Å². The molecule has 1 aromatic carbocycles. The molecule has 1 N–H and O–H groups in total. The molecule has 0 atom stereocenters. The number of nitro groups is 1. The van der Waals surface area contributed by atoms with Crippen molar-refractivity contribution in [3.05, 3.63) is 46.2 Å². The predicted molar refractivity (Wildman–Crippen MR) is 93.2 cm³/mol. The number of fused-ring (bicyclic) bond motifs is 1. The SMILES string of the molecule is O=C(COC(=O)c1ccc([N+](=O)[O-])o1)Nc1ccc2c(c1)OC1(CCCC1)O2. The van der Waals surface area contributed by atoms with Crippen LogP contribution in [0.1, 0.15) is 36.2 Å². The molecule has 28 heavy (non-hydrogen) atoms. The van der Waals surface area contributed by atoms with Crippen LogP contribution in [0.2, 0.25) is 0 Å². The first-order valence-corrected chi connectivity index (χ1v) is 8.67. The van der Waals surface area contributed by atoms with Crippen LogP contribution in [0, 0.1) is 10.1 Å². The second-order valence-corrected chi connectivity index (χ2v) is 6.50. The third kappa shape index (κ3) is 3.48. The van der Waals surface area contributed by atoms with E-state index in [2.05, 4.69) is 5.32 Å². The maximum atomic E-state index is 12.0. The predicted octanol–water partition coefficient (Wildman–Crippen LogP) is 3.02. The lowest BCUT2D eigenvalue weighted by atomic mass is 10.2. The number of anilines is 1. The molecule has 1 spiro atoms. The van der Waals surface area contributed by atoms with E-state index in [0.29, 0.717) is 17.2 Å². The van der Waals surface area contributed by atoms with Crippen LogP contribution in [0.15, 0.2) is 34.7 Å². The number of nitrogens with one attached hydrogen (secondary N) is 1. The van der Waals surface area contributed by atoms with Gasteiger partial charge in [-0.05, 0) is 31.0 Å². The van der Waals surface area contributed by atoms with Gasteiger partial charge in [0.25, 0.3) is 11.7 Å². The van der Waals surface area contributed by atoms with Gasteiger partial charge in [-0.25, -0.2) is 4.79 Å². The highest BCUT2D eigenvalue weighted by Gasteiger charge is 2.44. The van der Waals surface area contributed by atoms with Gasteiger partial charge in [0.2, 0.25) is 5.76 Å². The van der Waals surface area contributed by atoms with Crippen LogP contribution in [0.4, 0.5) is 11.6 Å². The van der Waals surface area contributed by atoms with Crippen LogP contribution >= 0.6 is 0 Å². The molecule has 1 amide bonds. The summed E-state index contributed by atoms with van der Waals surface area (Å²) < 4.78 is 21.3. The molecule has 4 rings (SSSR count). The number of rotatable bonds is 5. The van der Waals surface area contributed by atoms with Crippen LogP contribution in [-0.4, -0.2) is 29.2 Å². The van der Waals surface area contributed by atoms with Crippen LogP contribution in [0.25, 0.3) is 0 Å². The summed E-state index contributed by atoms with van der Waals surface area (Å²) >= 11 is 0. The topological polar surface area (TPSA) is 130 Å². The molecule has 146 valence electrons. The van der Waals surface area contributed by atoms with Crippen LogP contribution in [-0.2, 0) is 9.53 Å². The zero-order valence-electron chi connectivity index (χ0n) is 14.6. The molecular weight excluding hydrogens is 372 g/mol. The summed E-state index contributed by atoms with van der Waals surface area (Å²) in [4.78, 5) is 33.6. The summed E-state index contributed by atoms with van der Waals surface area (Å²) in [6, 6.07) is 7.16. The Balaban J connectivity index is 1.32. The summed E-state index contributed by atoms with van der Waals surface area (Å²) in [7, 11) is 0. The fourth-order valence-electron chi connectivity index (χ4n) is 3.22. The molecule has 2 aromatic rings. The zero-order valence-corrected chi connectivity index (χ0v) is 14.6. The maximum Gasteiger partial charge on any atom is 0.433 e. The van der Waals surface area contributed by atoms with Crippen molar-refractivity contribution in [3.63, 3.8) is 0 Å². The second kappa shape index (κ2) is 6.87. The standard InChI is InChI=1S/C18H16N2O8/c21-15(10-25-17(22)13-5-6-16(26-13)20(23)24)19-11-3-4-12-14(9-11)28-18(27-12)7-1-2-8-18/h3-6,9H,1-2,7-8,10H2,(H,19,21). The number of furan rings is 1. The van der Waals surface area contributed by atoms with Gasteiger partial charge in [-0.1, -0.05) is 0 Å². The van der Waals surface area contributed by atoms with Crippen LogP contribution in [0.3, 0.4) is 0 Å². The molecule has 1 aliphatic heterocycles. The molecule has 0 radical (unpaired) electrons. The van der Waals surface area contributed by atoms with Crippen molar-refractivity contribution in [2.75, 3.05) is 11.9 Å². The first-order chi connectivity index (χ1) is 13.4. The molecule has 1 aliphatic carbocycles. The van der Waals surface area contributed by atoms with Crippen molar-refractivity contribution in [2.45, 2.75) is 31.5 Å². The fraction of sp³-hybridized carbons (Fsp3) is 0.333. The lowest BCUT2D eigenvalue weighted by Gasteiger charge is -2.21. The lowest BCUT2D eigenvalue weighted by Crippen LogP contribution is -2.34. The van der Waals surface area contributed by atoms with Crippen molar-refractivity contribution in [2.24, 2.45) is 0 Å². The summed E-state index contributed by atoms with van der Waals surface area (Å²) in [6.45, 7) is -0.578.